The van der Waals surface area contributed by atoms with Crippen LogP contribution in [0, 0.1) is 6.92 Å². The van der Waals surface area contributed by atoms with Gasteiger partial charge in [-0.2, -0.15) is 0 Å². The van der Waals surface area contributed by atoms with Gasteiger partial charge in [-0.05, 0) is 66.4 Å². The second-order valence-corrected chi connectivity index (χ2v) is 9.61. The summed E-state index contributed by atoms with van der Waals surface area (Å²) in [7, 11) is 0. The largest absolute Gasteiger partial charge is 0.489 e. The average Bonchev–Trinajstić information content (AvgIpc) is 3.25. The molecule has 1 aliphatic rings. The van der Waals surface area contributed by atoms with Crippen LogP contribution >= 0.6 is 0 Å². The van der Waals surface area contributed by atoms with Crippen LogP contribution in [0.15, 0.2) is 106 Å². The first kappa shape index (κ1) is 23.7. The molecule has 1 amide bonds. The van der Waals surface area contributed by atoms with Crippen LogP contribution in [0.1, 0.15) is 51.3 Å². The van der Waals surface area contributed by atoms with Crippen LogP contribution in [0.2, 0.25) is 0 Å². The van der Waals surface area contributed by atoms with Crippen molar-refractivity contribution in [1.29, 1.82) is 0 Å². The summed E-state index contributed by atoms with van der Waals surface area (Å²) in [4.78, 5) is 29.3. The predicted molar refractivity (Wildman–Crippen MR) is 149 cm³/mol. The third-order valence-corrected chi connectivity index (χ3v) is 7.09. The van der Waals surface area contributed by atoms with Crippen molar-refractivity contribution in [2.24, 2.45) is 0 Å². The number of hydrogen-bond acceptors (Lipinski definition) is 4. The molecule has 6 rings (SSSR count). The van der Waals surface area contributed by atoms with Gasteiger partial charge in [0, 0.05) is 5.69 Å². The molecule has 5 aromatic rings. The third kappa shape index (κ3) is 4.16. The maximum Gasteiger partial charge on any atom is 0.295 e. The SMILES string of the molecule is CCc1ccc(N2C(=O)c3oc4ccc(C)cc4c(=O)c3C2c2ccc(OCc3ccccc3)cc2)cc1. The lowest BCUT2D eigenvalue weighted by atomic mass is 9.97. The summed E-state index contributed by atoms with van der Waals surface area (Å²) in [5.74, 6) is 0.487. The number of fused-ring (bicyclic) bond motifs is 2. The summed E-state index contributed by atoms with van der Waals surface area (Å²) >= 11 is 0. The van der Waals surface area contributed by atoms with E-state index in [1.165, 1.54) is 5.56 Å². The van der Waals surface area contributed by atoms with Gasteiger partial charge >= 0.3 is 0 Å². The molecule has 0 spiro atoms. The minimum absolute atomic E-state index is 0.0975. The van der Waals surface area contributed by atoms with E-state index in [2.05, 4.69) is 6.92 Å². The first-order valence-electron chi connectivity index (χ1n) is 12.8. The van der Waals surface area contributed by atoms with E-state index < -0.39 is 6.04 Å². The minimum Gasteiger partial charge on any atom is -0.489 e. The minimum atomic E-state index is -0.616. The second-order valence-electron chi connectivity index (χ2n) is 9.61. The van der Waals surface area contributed by atoms with Crippen LogP contribution in [0.5, 0.6) is 5.75 Å². The maximum absolute atomic E-state index is 13.8. The Morgan fingerprint density at radius 1 is 0.842 bits per heavy atom. The first-order valence-corrected chi connectivity index (χ1v) is 12.8. The van der Waals surface area contributed by atoms with E-state index >= 15 is 0 Å². The molecule has 0 N–H and O–H groups in total. The van der Waals surface area contributed by atoms with Gasteiger partial charge in [-0.25, -0.2) is 0 Å². The number of nitrogens with zero attached hydrogens (tertiary/aromatic N) is 1. The zero-order chi connectivity index (χ0) is 26.2. The fraction of sp³-hybridized carbons (Fsp3) is 0.152. The number of ether oxygens (including phenoxy) is 1. The molecule has 5 nitrogen and oxygen atoms in total. The van der Waals surface area contributed by atoms with E-state index in [-0.39, 0.29) is 17.1 Å². The Balaban J connectivity index is 1.44. The highest BCUT2D eigenvalue weighted by molar-refractivity contribution is 6.10. The highest BCUT2D eigenvalue weighted by atomic mass is 16.5. The molecule has 0 saturated heterocycles. The number of amides is 1. The molecule has 2 heterocycles. The molecule has 0 radical (unpaired) electrons. The number of carbonyl (C=O) groups is 1. The summed E-state index contributed by atoms with van der Waals surface area (Å²) in [6.07, 6.45) is 0.896. The monoisotopic (exact) mass is 501 g/mol. The molecular weight excluding hydrogens is 474 g/mol. The lowest BCUT2D eigenvalue weighted by Crippen LogP contribution is -2.29. The highest BCUT2D eigenvalue weighted by Crippen LogP contribution is 2.41. The molecule has 1 unspecified atom stereocenters. The van der Waals surface area contributed by atoms with E-state index in [1.54, 1.807) is 11.0 Å². The highest BCUT2D eigenvalue weighted by Gasteiger charge is 2.43. The van der Waals surface area contributed by atoms with Crippen molar-refractivity contribution in [3.8, 4) is 5.75 Å². The quantitative estimate of drug-likeness (QED) is 0.252. The summed E-state index contributed by atoms with van der Waals surface area (Å²) in [5.41, 5.74) is 5.33. The predicted octanol–water partition coefficient (Wildman–Crippen LogP) is 6.99. The lowest BCUT2D eigenvalue weighted by molar-refractivity contribution is 0.0971. The Labute approximate surface area is 220 Å². The molecule has 188 valence electrons. The van der Waals surface area contributed by atoms with Gasteiger partial charge in [0.1, 0.15) is 17.9 Å². The van der Waals surface area contributed by atoms with Gasteiger partial charge in [-0.1, -0.05) is 73.2 Å². The molecule has 0 fully saturated rings. The molecule has 5 heteroatoms. The van der Waals surface area contributed by atoms with E-state index in [4.69, 9.17) is 9.15 Å². The maximum atomic E-state index is 13.8. The zero-order valence-electron chi connectivity index (χ0n) is 21.3. The number of hydrogen-bond donors (Lipinski definition) is 0. The Kier molecular flexibility index (Phi) is 6.04. The van der Waals surface area contributed by atoms with Crippen LogP contribution in [-0.2, 0) is 13.0 Å². The summed E-state index contributed by atoms with van der Waals surface area (Å²) < 4.78 is 12.1. The molecule has 0 saturated carbocycles. The summed E-state index contributed by atoms with van der Waals surface area (Å²) in [6, 6.07) is 30.3. The average molecular weight is 502 g/mol. The molecule has 1 atom stereocenters. The van der Waals surface area contributed by atoms with Crippen LogP contribution in [0.3, 0.4) is 0 Å². The smallest absolute Gasteiger partial charge is 0.295 e. The van der Waals surface area contributed by atoms with Crippen LogP contribution in [0.25, 0.3) is 11.0 Å². The van der Waals surface area contributed by atoms with Crippen LogP contribution < -0.4 is 15.1 Å². The number of benzene rings is 4. The van der Waals surface area contributed by atoms with Crippen molar-refractivity contribution in [3.63, 3.8) is 0 Å². The van der Waals surface area contributed by atoms with Gasteiger partial charge in [0.15, 0.2) is 5.43 Å². The Hall–Kier alpha value is -4.64. The van der Waals surface area contributed by atoms with Crippen molar-refractivity contribution >= 4 is 22.6 Å². The standard InChI is InChI=1S/C33H27NO4/c1-3-22-10-14-25(15-11-22)34-30(24-12-16-26(17-13-24)37-20-23-7-5-4-6-8-23)29-31(35)27-19-21(2)9-18-28(27)38-32(29)33(34)36/h4-19,30H,3,20H2,1-2H3. The Morgan fingerprint density at radius 3 is 2.29 bits per heavy atom. The van der Waals surface area contributed by atoms with Gasteiger partial charge in [0.25, 0.3) is 5.91 Å². The topological polar surface area (TPSA) is 59.8 Å². The van der Waals surface area contributed by atoms with Crippen molar-refractivity contribution in [2.45, 2.75) is 32.9 Å². The van der Waals surface area contributed by atoms with Crippen molar-refractivity contribution in [2.75, 3.05) is 4.90 Å². The molecule has 1 aromatic heterocycles. The van der Waals surface area contributed by atoms with Crippen molar-refractivity contribution in [3.05, 3.63) is 141 Å². The number of anilines is 1. The number of aryl methyl sites for hydroxylation is 2. The van der Waals surface area contributed by atoms with Crippen molar-refractivity contribution < 1.29 is 13.9 Å². The van der Waals surface area contributed by atoms with E-state index in [1.807, 2.05) is 97.9 Å². The fourth-order valence-corrected chi connectivity index (χ4v) is 5.05. The van der Waals surface area contributed by atoms with Gasteiger partial charge in [0.2, 0.25) is 5.76 Å². The van der Waals surface area contributed by atoms with Gasteiger partial charge in [-0.3, -0.25) is 14.5 Å². The third-order valence-electron chi connectivity index (χ3n) is 7.09. The molecule has 38 heavy (non-hydrogen) atoms. The lowest BCUT2D eigenvalue weighted by Gasteiger charge is -2.25. The molecule has 4 aromatic carbocycles. The Morgan fingerprint density at radius 2 is 1.58 bits per heavy atom. The normalized spacial score (nSPS) is 14.6. The first-order chi connectivity index (χ1) is 18.5. The van der Waals surface area contributed by atoms with Gasteiger partial charge in [0.05, 0.1) is 17.0 Å². The fourth-order valence-electron chi connectivity index (χ4n) is 5.05. The van der Waals surface area contributed by atoms with E-state index in [0.29, 0.717) is 34.6 Å². The van der Waals surface area contributed by atoms with Gasteiger partial charge < -0.3 is 9.15 Å². The van der Waals surface area contributed by atoms with Crippen LogP contribution in [-0.4, -0.2) is 5.91 Å². The zero-order valence-corrected chi connectivity index (χ0v) is 21.3. The summed E-state index contributed by atoms with van der Waals surface area (Å²) in [5, 5.41) is 0.479. The van der Waals surface area contributed by atoms with Crippen molar-refractivity contribution in [1.82, 2.24) is 0 Å². The number of rotatable bonds is 6. The van der Waals surface area contributed by atoms with E-state index in [0.717, 1.165) is 23.1 Å². The second kappa shape index (κ2) is 9.67. The summed E-state index contributed by atoms with van der Waals surface area (Å²) in [6.45, 7) is 4.48. The Bertz CT molecular complexity index is 1690. The molecule has 0 bridgehead atoms. The van der Waals surface area contributed by atoms with E-state index in [9.17, 15) is 9.59 Å². The number of carbonyl (C=O) groups excluding carboxylic acids is 1. The van der Waals surface area contributed by atoms with Gasteiger partial charge in [-0.15, -0.1) is 0 Å². The molecule has 1 aliphatic heterocycles. The molecule has 0 aliphatic carbocycles. The van der Waals surface area contributed by atoms with Crippen LogP contribution in [0.4, 0.5) is 5.69 Å². The molecular formula is C33H27NO4.